The lowest BCUT2D eigenvalue weighted by molar-refractivity contribution is -0.137. The molecule has 0 unspecified atom stereocenters. The summed E-state index contributed by atoms with van der Waals surface area (Å²) in [4.78, 5) is 3.88. The number of nitrogens with two attached hydrogens (primary N) is 1. The summed E-state index contributed by atoms with van der Waals surface area (Å²) in [6.45, 7) is 0.557. The Bertz CT molecular complexity index is 565. The predicted molar refractivity (Wildman–Crippen MR) is 71.7 cm³/mol. The van der Waals surface area contributed by atoms with Crippen LogP contribution in [0.1, 0.15) is 11.1 Å². The second-order valence-corrected chi connectivity index (χ2v) is 4.29. The fraction of sp³-hybridized carbons (Fsp3) is 0.214. The Morgan fingerprint density at radius 1 is 1.10 bits per heavy atom. The molecule has 0 saturated heterocycles. The molecule has 3 N–H and O–H groups in total. The average Bonchev–Trinajstić information content (AvgIpc) is 2.41. The lowest BCUT2D eigenvalue weighted by Gasteiger charge is -2.10. The van der Waals surface area contributed by atoms with E-state index in [1.54, 1.807) is 12.1 Å². The molecular weight excluding hydrogens is 267 g/mol. The van der Waals surface area contributed by atoms with Gasteiger partial charge in [-0.3, -0.25) is 0 Å². The molecule has 0 aliphatic heterocycles. The first kappa shape index (κ1) is 14.3. The van der Waals surface area contributed by atoms with Crippen molar-refractivity contribution in [1.82, 2.24) is 4.98 Å². The lowest BCUT2D eigenvalue weighted by atomic mass is 10.1. The summed E-state index contributed by atoms with van der Waals surface area (Å²) in [6, 6.07) is 9.24. The molecule has 0 bridgehead atoms. The zero-order valence-corrected chi connectivity index (χ0v) is 10.6. The summed E-state index contributed by atoms with van der Waals surface area (Å²) in [5.41, 5.74) is 6.48. The Hall–Kier alpha value is -2.08. The van der Waals surface area contributed by atoms with Gasteiger partial charge in [0.15, 0.2) is 0 Å². The number of hydrogen-bond acceptors (Lipinski definition) is 3. The maximum absolute atomic E-state index is 12.6. The minimum absolute atomic E-state index is 0.159. The maximum atomic E-state index is 12.6. The van der Waals surface area contributed by atoms with Gasteiger partial charge in [-0.25, -0.2) is 4.98 Å². The van der Waals surface area contributed by atoms with Gasteiger partial charge in [-0.15, -0.1) is 0 Å². The molecule has 2 aromatic rings. The molecule has 2 rings (SSSR count). The number of aromatic nitrogens is 1. The van der Waals surface area contributed by atoms with Gasteiger partial charge in [0.2, 0.25) is 0 Å². The SMILES string of the molecule is NCCc1ccc(Nc2cc(C(F)(F)F)ccn2)cc1. The Balaban J connectivity index is 2.13. The van der Waals surface area contributed by atoms with Gasteiger partial charge in [0.25, 0.3) is 0 Å². The number of anilines is 2. The van der Waals surface area contributed by atoms with Gasteiger partial charge in [0, 0.05) is 11.9 Å². The van der Waals surface area contributed by atoms with E-state index in [4.69, 9.17) is 5.73 Å². The molecule has 0 spiro atoms. The van der Waals surface area contributed by atoms with Gasteiger partial charge in [0.05, 0.1) is 5.56 Å². The third kappa shape index (κ3) is 3.71. The molecule has 0 aliphatic rings. The predicted octanol–water partition coefficient (Wildman–Crippen LogP) is 3.35. The third-order valence-corrected chi connectivity index (χ3v) is 2.75. The summed E-state index contributed by atoms with van der Waals surface area (Å²) in [6.07, 6.45) is -2.47. The molecule has 106 valence electrons. The second-order valence-electron chi connectivity index (χ2n) is 4.29. The largest absolute Gasteiger partial charge is 0.416 e. The van der Waals surface area contributed by atoms with Crippen molar-refractivity contribution in [1.29, 1.82) is 0 Å². The number of nitrogens with zero attached hydrogens (tertiary/aromatic N) is 1. The van der Waals surface area contributed by atoms with Crippen LogP contribution in [0.4, 0.5) is 24.7 Å². The molecular formula is C14H14F3N3. The van der Waals surface area contributed by atoms with E-state index in [1.807, 2.05) is 12.1 Å². The number of hydrogen-bond donors (Lipinski definition) is 2. The van der Waals surface area contributed by atoms with Gasteiger partial charge in [-0.1, -0.05) is 12.1 Å². The summed E-state index contributed by atoms with van der Waals surface area (Å²) in [5, 5.41) is 2.84. The number of pyridine rings is 1. The molecule has 1 aromatic carbocycles. The minimum atomic E-state index is -4.37. The summed E-state index contributed by atoms with van der Waals surface area (Å²) < 4.78 is 37.7. The number of halogens is 3. The monoisotopic (exact) mass is 281 g/mol. The van der Waals surface area contributed by atoms with Crippen LogP contribution in [0.25, 0.3) is 0 Å². The first-order valence-electron chi connectivity index (χ1n) is 6.08. The first-order valence-corrected chi connectivity index (χ1v) is 6.08. The van der Waals surface area contributed by atoms with E-state index in [1.165, 1.54) is 0 Å². The maximum Gasteiger partial charge on any atom is 0.416 e. The standard InChI is InChI=1S/C14H14F3N3/c15-14(16,17)11-6-8-19-13(9-11)20-12-3-1-10(2-4-12)5-7-18/h1-4,6,8-9H,5,7,18H2,(H,19,20). The first-order chi connectivity index (χ1) is 9.49. The van der Waals surface area contributed by atoms with Gasteiger partial charge in [0.1, 0.15) is 5.82 Å². The molecule has 20 heavy (non-hydrogen) atoms. The molecule has 0 fully saturated rings. The fourth-order valence-electron chi connectivity index (χ4n) is 1.74. The smallest absolute Gasteiger partial charge is 0.340 e. The van der Waals surface area contributed by atoms with Gasteiger partial charge in [-0.2, -0.15) is 13.2 Å². The van der Waals surface area contributed by atoms with Crippen LogP contribution in [-0.4, -0.2) is 11.5 Å². The fourth-order valence-corrected chi connectivity index (χ4v) is 1.74. The zero-order valence-electron chi connectivity index (χ0n) is 10.6. The molecule has 1 heterocycles. The molecule has 0 aliphatic carbocycles. The van der Waals surface area contributed by atoms with E-state index >= 15 is 0 Å². The van der Waals surface area contributed by atoms with Gasteiger partial charge < -0.3 is 11.1 Å². The van der Waals surface area contributed by atoms with E-state index < -0.39 is 11.7 Å². The van der Waals surface area contributed by atoms with Gasteiger partial charge in [-0.05, 0) is 42.8 Å². The molecule has 0 amide bonds. The van der Waals surface area contributed by atoms with E-state index in [-0.39, 0.29) is 5.82 Å². The van der Waals surface area contributed by atoms with Crippen molar-refractivity contribution in [2.45, 2.75) is 12.6 Å². The van der Waals surface area contributed by atoms with Crippen LogP contribution in [0.3, 0.4) is 0 Å². The third-order valence-electron chi connectivity index (χ3n) is 2.75. The van der Waals surface area contributed by atoms with Crippen molar-refractivity contribution in [2.24, 2.45) is 5.73 Å². The van der Waals surface area contributed by atoms with Crippen LogP contribution < -0.4 is 11.1 Å². The normalized spacial score (nSPS) is 11.4. The van der Waals surface area contributed by atoms with Gasteiger partial charge >= 0.3 is 6.18 Å². The van der Waals surface area contributed by atoms with Crippen molar-refractivity contribution < 1.29 is 13.2 Å². The highest BCUT2D eigenvalue weighted by atomic mass is 19.4. The Morgan fingerprint density at radius 3 is 2.40 bits per heavy atom. The lowest BCUT2D eigenvalue weighted by Crippen LogP contribution is -2.06. The van der Waals surface area contributed by atoms with Crippen LogP contribution in [-0.2, 0) is 12.6 Å². The van der Waals surface area contributed by atoms with Crippen LogP contribution in [0.2, 0.25) is 0 Å². The Kier molecular flexibility index (Phi) is 4.24. The van der Waals surface area contributed by atoms with Crippen LogP contribution in [0.5, 0.6) is 0 Å². The van der Waals surface area contributed by atoms with Crippen molar-refractivity contribution >= 4 is 11.5 Å². The molecule has 1 aromatic heterocycles. The average molecular weight is 281 g/mol. The van der Waals surface area contributed by atoms with Crippen molar-refractivity contribution in [3.63, 3.8) is 0 Å². The Labute approximate surface area is 114 Å². The second kappa shape index (κ2) is 5.92. The molecule has 0 saturated carbocycles. The zero-order chi connectivity index (χ0) is 14.6. The van der Waals surface area contributed by atoms with Crippen molar-refractivity contribution in [3.05, 3.63) is 53.7 Å². The minimum Gasteiger partial charge on any atom is -0.340 e. The van der Waals surface area contributed by atoms with Crippen LogP contribution >= 0.6 is 0 Å². The van der Waals surface area contributed by atoms with E-state index in [0.29, 0.717) is 12.2 Å². The number of benzene rings is 1. The molecule has 0 atom stereocenters. The van der Waals surface area contributed by atoms with E-state index in [0.717, 1.165) is 30.3 Å². The van der Waals surface area contributed by atoms with Crippen LogP contribution in [0.15, 0.2) is 42.6 Å². The number of rotatable bonds is 4. The number of alkyl halides is 3. The van der Waals surface area contributed by atoms with Crippen molar-refractivity contribution in [3.8, 4) is 0 Å². The Morgan fingerprint density at radius 2 is 1.80 bits per heavy atom. The topological polar surface area (TPSA) is 50.9 Å². The molecule has 0 radical (unpaired) electrons. The molecule has 6 heteroatoms. The highest BCUT2D eigenvalue weighted by molar-refractivity contribution is 5.57. The summed E-state index contributed by atoms with van der Waals surface area (Å²) in [7, 11) is 0. The summed E-state index contributed by atoms with van der Waals surface area (Å²) >= 11 is 0. The van der Waals surface area contributed by atoms with E-state index in [2.05, 4.69) is 10.3 Å². The molecule has 3 nitrogen and oxygen atoms in total. The van der Waals surface area contributed by atoms with E-state index in [9.17, 15) is 13.2 Å². The summed E-state index contributed by atoms with van der Waals surface area (Å²) in [5.74, 6) is 0.159. The number of nitrogens with one attached hydrogen (secondary N) is 1. The van der Waals surface area contributed by atoms with Crippen molar-refractivity contribution in [2.75, 3.05) is 11.9 Å². The quantitative estimate of drug-likeness (QED) is 0.903. The highest BCUT2D eigenvalue weighted by Crippen LogP contribution is 2.30. The van der Waals surface area contributed by atoms with Crippen LogP contribution in [0, 0.1) is 0 Å². The highest BCUT2D eigenvalue weighted by Gasteiger charge is 2.30.